The Morgan fingerprint density at radius 2 is 2.14 bits per heavy atom. The lowest BCUT2D eigenvalue weighted by Crippen LogP contribution is -2.07. The Bertz CT molecular complexity index is 628. The first-order valence-corrected chi connectivity index (χ1v) is 8.00. The van der Waals surface area contributed by atoms with Crippen molar-refractivity contribution < 1.29 is 9.47 Å². The fourth-order valence-electron chi connectivity index (χ4n) is 2.06. The van der Waals surface area contributed by atoms with Crippen LogP contribution in [-0.2, 0) is 19.0 Å². The number of aromatic nitrogens is 2. The molecule has 0 aliphatic rings. The quantitative estimate of drug-likeness (QED) is 0.708. The number of hydrogen-bond acceptors (Lipinski definition) is 3. The highest BCUT2D eigenvalue weighted by Crippen LogP contribution is 2.28. The fraction of sp³-hybridized carbons (Fsp3) is 0.400. The predicted octanol–water partition coefficient (Wildman–Crippen LogP) is 4.30. The Labute approximate surface area is 138 Å². The second kappa shape index (κ2) is 7.18. The van der Waals surface area contributed by atoms with Crippen LogP contribution in [0.3, 0.4) is 0 Å². The number of hydrogen-bond donors (Lipinski definition) is 0. The molecule has 0 fully saturated rings. The maximum atomic E-state index is 5.96. The highest BCUT2D eigenvalue weighted by atomic mass is 79.9. The van der Waals surface area contributed by atoms with E-state index in [0.29, 0.717) is 12.5 Å². The maximum Gasteiger partial charge on any atom is 0.131 e. The summed E-state index contributed by atoms with van der Waals surface area (Å²) in [4.78, 5) is 0. The van der Waals surface area contributed by atoms with E-state index >= 15 is 0 Å². The summed E-state index contributed by atoms with van der Waals surface area (Å²) in [6, 6.07) is 5.64. The van der Waals surface area contributed by atoms with Crippen LogP contribution in [0.15, 0.2) is 22.7 Å². The summed E-state index contributed by atoms with van der Waals surface area (Å²) in [5.41, 5.74) is 2.91. The van der Waals surface area contributed by atoms with E-state index in [1.807, 2.05) is 29.8 Å². The molecule has 0 saturated carbocycles. The zero-order valence-corrected chi connectivity index (χ0v) is 14.7. The van der Waals surface area contributed by atoms with Crippen LogP contribution in [0.25, 0.3) is 0 Å². The minimum absolute atomic E-state index is 0.395. The van der Waals surface area contributed by atoms with Gasteiger partial charge in [-0.1, -0.05) is 6.07 Å². The molecular weight excluding hydrogens is 356 g/mol. The molecule has 0 saturated heterocycles. The number of benzene rings is 1. The standard InChI is InChI=1S/C15H18BrClN2O2/c1-4-19-13(15(16)10(2)18-19)9-21-14-7-12(20-3)6-5-11(14)8-17/h5-7H,4,8-9H2,1-3H3. The Morgan fingerprint density at radius 3 is 2.76 bits per heavy atom. The summed E-state index contributed by atoms with van der Waals surface area (Å²) < 4.78 is 14.1. The molecule has 6 heteroatoms. The van der Waals surface area contributed by atoms with Crippen LogP contribution >= 0.6 is 27.5 Å². The van der Waals surface area contributed by atoms with Crippen molar-refractivity contribution in [2.24, 2.45) is 0 Å². The molecule has 0 bridgehead atoms. The van der Waals surface area contributed by atoms with E-state index in [1.165, 1.54) is 0 Å². The highest BCUT2D eigenvalue weighted by molar-refractivity contribution is 9.10. The van der Waals surface area contributed by atoms with E-state index in [0.717, 1.165) is 39.5 Å². The van der Waals surface area contributed by atoms with Gasteiger partial charge < -0.3 is 9.47 Å². The van der Waals surface area contributed by atoms with Crippen LogP contribution in [0, 0.1) is 6.92 Å². The van der Waals surface area contributed by atoms with Crippen molar-refractivity contribution in [3.8, 4) is 11.5 Å². The SMILES string of the molecule is CCn1nc(C)c(Br)c1COc1cc(OC)ccc1CCl. The van der Waals surface area contributed by atoms with Crippen molar-refractivity contribution in [1.29, 1.82) is 0 Å². The zero-order valence-electron chi connectivity index (χ0n) is 12.3. The van der Waals surface area contributed by atoms with Crippen LogP contribution in [0.1, 0.15) is 23.9 Å². The van der Waals surface area contributed by atoms with Gasteiger partial charge >= 0.3 is 0 Å². The van der Waals surface area contributed by atoms with Gasteiger partial charge in [0.2, 0.25) is 0 Å². The Morgan fingerprint density at radius 1 is 1.38 bits per heavy atom. The summed E-state index contributed by atoms with van der Waals surface area (Å²) >= 11 is 9.52. The summed E-state index contributed by atoms with van der Waals surface area (Å²) in [6.45, 7) is 5.24. The molecule has 0 atom stereocenters. The molecule has 4 nitrogen and oxygen atoms in total. The van der Waals surface area contributed by atoms with Gasteiger partial charge in [-0.2, -0.15) is 5.10 Å². The van der Waals surface area contributed by atoms with E-state index in [2.05, 4.69) is 28.0 Å². The molecule has 1 heterocycles. The Hall–Kier alpha value is -1.20. The van der Waals surface area contributed by atoms with Gasteiger partial charge in [-0.3, -0.25) is 4.68 Å². The number of methoxy groups -OCH3 is 1. The third-order valence-electron chi connectivity index (χ3n) is 3.24. The van der Waals surface area contributed by atoms with E-state index in [4.69, 9.17) is 21.1 Å². The van der Waals surface area contributed by atoms with Gasteiger partial charge in [0, 0.05) is 18.2 Å². The molecule has 2 rings (SSSR count). The van der Waals surface area contributed by atoms with Gasteiger partial charge in [0.1, 0.15) is 18.1 Å². The molecule has 0 aliphatic heterocycles. The molecule has 1 aromatic carbocycles. The lowest BCUT2D eigenvalue weighted by atomic mass is 10.2. The topological polar surface area (TPSA) is 36.3 Å². The van der Waals surface area contributed by atoms with Crippen molar-refractivity contribution in [1.82, 2.24) is 9.78 Å². The van der Waals surface area contributed by atoms with E-state index in [1.54, 1.807) is 7.11 Å². The highest BCUT2D eigenvalue weighted by Gasteiger charge is 2.14. The van der Waals surface area contributed by atoms with Crippen molar-refractivity contribution >= 4 is 27.5 Å². The molecular formula is C15H18BrClN2O2. The van der Waals surface area contributed by atoms with Crippen molar-refractivity contribution in [3.63, 3.8) is 0 Å². The monoisotopic (exact) mass is 372 g/mol. The minimum atomic E-state index is 0.395. The second-order valence-electron chi connectivity index (χ2n) is 4.56. The number of nitrogens with zero attached hydrogens (tertiary/aromatic N) is 2. The fourth-order valence-corrected chi connectivity index (χ4v) is 2.68. The first kappa shape index (κ1) is 16.2. The average molecular weight is 374 g/mol. The second-order valence-corrected chi connectivity index (χ2v) is 5.62. The van der Waals surface area contributed by atoms with Crippen molar-refractivity contribution in [2.45, 2.75) is 32.9 Å². The van der Waals surface area contributed by atoms with E-state index < -0.39 is 0 Å². The van der Waals surface area contributed by atoms with Gasteiger partial charge in [0.15, 0.2) is 0 Å². The first-order valence-electron chi connectivity index (χ1n) is 6.68. The van der Waals surface area contributed by atoms with Crippen molar-refractivity contribution in [3.05, 3.63) is 39.6 Å². The minimum Gasteiger partial charge on any atom is -0.497 e. The summed E-state index contributed by atoms with van der Waals surface area (Å²) in [6.07, 6.45) is 0. The van der Waals surface area contributed by atoms with Crippen LogP contribution in [0.5, 0.6) is 11.5 Å². The van der Waals surface area contributed by atoms with Gasteiger partial charge in [-0.05, 0) is 35.8 Å². The van der Waals surface area contributed by atoms with E-state index in [9.17, 15) is 0 Å². The third kappa shape index (κ3) is 3.52. The average Bonchev–Trinajstić information content (AvgIpc) is 2.79. The third-order valence-corrected chi connectivity index (χ3v) is 4.55. The van der Waals surface area contributed by atoms with Crippen LogP contribution in [0.2, 0.25) is 0 Å². The summed E-state index contributed by atoms with van der Waals surface area (Å²) in [5, 5.41) is 4.46. The normalized spacial score (nSPS) is 10.7. The summed E-state index contributed by atoms with van der Waals surface area (Å²) in [7, 11) is 1.63. The van der Waals surface area contributed by atoms with Gasteiger partial charge in [0.25, 0.3) is 0 Å². The number of rotatable bonds is 6. The number of alkyl halides is 1. The largest absolute Gasteiger partial charge is 0.497 e. The smallest absolute Gasteiger partial charge is 0.131 e. The molecule has 0 unspecified atom stereocenters. The molecule has 0 aliphatic carbocycles. The van der Waals surface area contributed by atoms with Gasteiger partial charge in [0.05, 0.1) is 28.9 Å². The predicted molar refractivity (Wildman–Crippen MR) is 87.2 cm³/mol. The van der Waals surface area contributed by atoms with Gasteiger partial charge in [-0.25, -0.2) is 0 Å². The molecule has 21 heavy (non-hydrogen) atoms. The zero-order chi connectivity index (χ0) is 15.4. The van der Waals surface area contributed by atoms with E-state index in [-0.39, 0.29) is 0 Å². The summed E-state index contributed by atoms with van der Waals surface area (Å²) in [5.74, 6) is 1.88. The molecule has 1 aromatic heterocycles. The Balaban J connectivity index is 2.23. The molecule has 0 spiro atoms. The maximum absolute atomic E-state index is 5.96. The lowest BCUT2D eigenvalue weighted by Gasteiger charge is -2.12. The molecule has 0 amide bonds. The molecule has 114 valence electrons. The molecule has 0 radical (unpaired) electrons. The van der Waals surface area contributed by atoms with Crippen LogP contribution in [-0.4, -0.2) is 16.9 Å². The first-order chi connectivity index (χ1) is 10.1. The van der Waals surface area contributed by atoms with Crippen LogP contribution in [0.4, 0.5) is 0 Å². The number of ether oxygens (including phenoxy) is 2. The molecule has 2 aromatic rings. The van der Waals surface area contributed by atoms with Crippen molar-refractivity contribution in [2.75, 3.05) is 7.11 Å². The number of halogens is 2. The molecule has 0 N–H and O–H groups in total. The lowest BCUT2D eigenvalue weighted by molar-refractivity contribution is 0.287. The number of aryl methyl sites for hydroxylation is 2. The Kier molecular flexibility index (Phi) is 5.53. The van der Waals surface area contributed by atoms with Crippen LogP contribution < -0.4 is 9.47 Å². The van der Waals surface area contributed by atoms with Gasteiger partial charge in [-0.15, -0.1) is 11.6 Å².